The largest absolute Gasteiger partial charge is 0.491 e. The second-order valence-electron chi connectivity index (χ2n) is 15.2. The summed E-state index contributed by atoms with van der Waals surface area (Å²) in [6, 6.07) is 30.3. The maximum Gasteiger partial charge on any atom is 0.421 e. The summed E-state index contributed by atoms with van der Waals surface area (Å²) in [6.45, 7) is -0.785. The number of nitrogens with one attached hydrogen (secondary N) is 1. The lowest BCUT2D eigenvalue weighted by Crippen LogP contribution is -2.55. The highest BCUT2D eigenvalue weighted by Gasteiger charge is 2.75. The van der Waals surface area contributed by atoms with Gasteiger partial charge in [-0.15, -0.1) is 0 Å². The number of fused-ring (bicyclic) bond motifs is 3. The zero-order valence-corrected chi connectivity index (χ0v) is 33.9. The molecule has 64 heavy (non-hydrogen) atoms. The molecule has 1 spiro atoms. The summed E-state index contributed by atoms with van der Waals surface area (Å²) in [7, 11) is 0. The molecule has 0 saturated carbocycles. The van der Waals surface area contributed by atoms with Gasteiger partial charge in [-0.3, -0.25) is 29.4 Å². The number of esters is 1. The number of rotatable bonds is 11. The first-order valence-electron chi connectivity index (χ1n) is 20.1. The molecule has 3 aliphatic rings. The predicted octanol–water partition coefficient (Wildman–Crippen LogP) is 4.47. The molecule has 5 amide bonds. The Labute approximate surface area is 365 Å². The van der Waals surface area contributed by atoms with Gasteiger partial charge in [0.2, 0.25) is 11.8 Å². The molecule has 6 N–H and O–H groups in total. The zero-order chi connectivity index (χ0) is 45.1. The molecule has 0 aromatic heterocycles. The van der Waals surface area contributed by atoms with Crippen LogP contribution in [-0.2, 0) is 35.9 Å². The molecule has 0 radical (unpaired) electrons. The number of cyclic esters (lactones) is 1. The van der Waals surface area contributed by atoms with Gasteiger partial charge in [0.05, 0.1) is 41.8 Å². The van der Waals surface area contributed by atoms with Gasteiger partial charge in [0, 0.05) is 17.7 Å². The molecule has 6 atom stereocenters. The van der Waals surface area contributed by atoms with Crippen molar-refractivity contribution in [3.8, 4) is 17.6 Å². The number of amides is 5. The van der Waals surface area contributed by atoms with Crippen molar-refractivity contribution < 1.29 is 48.2 Å². The number of aliphatic hydroxyl groups excluding tert-OH is 1. The lowest BCUT2D eigenvalue weighted by molar-refractivity contribution is -0.384. The fourth-order valence-electron chi connectivity index (χ4n) is 9.11. The van der Waals surface area contributed by atoms with Gasteiger partial charge < -0.3 is 36.1 Å². The molecule has 3 heterocycles. The molecule has 5 aromatic rings. The Bertz CT molecular complexity index is 2690. The van der Waals surface area contributed by atoms with E-state index in [1.807, 2.05) is 48.5 Å². The number of hydrogen-bond donors (Lipinski definition) is 4. The third-order valence-corrected chi connectivity index (χ3v) is 11.6. The maximum absolute atomic E-state index is 16.0. The Balaban J connectivity index is 1.37. The number of nitro benzene ring substituents is 1. The van der Waals surface area contributed by atoms with E-state index in [1.54, 1.807) is 47.4 Å². The number of carbonyl (C=O) groups excluding carboxylic acids is 5. The van der Waals surface area contributed by atoms with Crippen molar-refractivity contribution in [2.75, 3.05) is 24.7 Å². The molecule has 324 valence electrons. The highest BCUT2D eigenvalue weighted by Crippen LogP contribution is 2.65. The number of nitrogens with two attached hydrogens (primary N) is 2. The Hall–Kier alpha value is -8.07. The number of nitro groups is 1. The van der Waals surface area contributed by atoms with Crippen LogP contribution >= 0.6 is 0 Å². The second-order valence-corrected chi connectivity index (χ2v) is 15.2. The van der Waals surface area contributed by atoms with Crippen LogP contribution in [0.1, 0.15) is 51.6 Å². The quantitative estimate of drug-likeness (QED) is 0.0622. The van der Waals surface area contributed by atoms with Crippen molar-refractivity contribution in [2.45, 2.75) is 36.3 Å². The molecule has 0 unspecified atom stereocenters. The molecular formula is C47H40N6O11. The number of aliphatic hydroxyl groups is 1. The van der Waals surface area contributed by atoms with E-state index in [1.165, 1.54) is 36.4 Å². The minimum Gasteiger partial charge on any atom is -0.491 e. The number of benzene rings is 5. The van der Waals surface area contributed by atoms with Crippen LogP contribution in [0.5, 0.6) is 5.75 Å². The highest BCUT2D eigenvalue weighted by atomic mass is 16.6. The highest BCUT2D eigenvalue weighted by molar-refractivity contribution is 6.23. The Kier molecular flexibility index (Phi) is 11.8. The second kappa shape index (κ2) is 17.7. The lowest BCUT2D eigenvalue weighted by atomic mass is 9.65. The molecule has 8 rings (SSSR count). The lowest BCUT2D eigenvalue weighted by Gasteiger charge is -2.46. The monoisotopic (exact) mass is 864 g/mol. The van der Waals surface area contributed by atoms with Gasteiger partial charge in [-0.2, -0.15) is 0 Å². The van der Waals surface area contributed by atoms with Gasteiger partial charge in [0.1, 0.15) is 36.5 Å². The molecule has 17 nitrogen and oxygen atoms in total. The first kappa shape index (κ1) is 42.6. The Morgan fingerprint density at radius 3 is 2.16 bits per heavy atom. The number of ether oxygens (including phenoxy) is 3. The summed E-state index contributed by atoms with van der Waals surface area (Å²) in [4.78, 5) is 84.4. The predicted molar refractivity (Wildman–Crippen MR) is 228 cm³/mol. The first-order valence-corrected chi connectivity index (χ1v) is 20.1. The molecule has 5 aromatic carbocycles. The summed E-state index contributed by atoms with van der Waals surface area (Å²) >= 11 is 0. The van der Waals surface area contributed by atoms with E-state index in [0.717, 1.165) is 4.90 Å². The van der Waals surface area contributed by atoms with Crippen molar-refractivity contribution in [2.24, 2.45) is 17.4 Å². The van der Waals surface area contributed by atoms with E-state index in [-0.39, 0.29) is 36.7 Å². The fraction of sp³-hybridized carbons (Fsp3) is 0.213. The number of non-ortho nitro benzene ring substituents is 1. The van der Waals surface area contributed by atoms with Crippen LogP contribution in [0.25, 0.3) is 0 Å². The number of carbonyl (C=O) groups is 5. The van der Waals surface area contributed by atoms with E-state index in [9.17, 15) is 34.4 Å². The maximum atomic E-state index is 16.0. The van der Waals surface area contributed by atoms with E-state index >= 15 is 4.79 Å². The van der Waals surface area contributed by atoms with Gasteiger partial charge in [0.25, 0.3) is 5.69 Å². The van der Waals surface area contributed by atoms with Gasteiger partial charge in [-0.1, -0.05) is 84.6 Å². The molecule has 0 aliphatic carbocycles. The number of primary amides is 2. The minimum atomic E-state index is -2.16. The van der Waals surface area contributed by atoms with Gasteiger partial charge in [0.15, 0.2) is 0 Å². The molecular weight excluding hydrogens is 825 g/mol. The average Bonchev–Trinajstić information content (AvgIpc) is 3.76. The standard InChI is InChI=1S/C47H40N6O11/c48-42(55)37-39-43(56)64-40(31-11-5-2-6-12-31)38(30-9-3-1-4-10-30)52(39)41(32-16-20-34(21-17-32)62-25-24-54)47(37)35-26-28(8-7-23-50-45(49)58)15-22-36(35)51(44(47)57)46(59)63-27-29-13-18-33(19-14-29)53(60)61/h1-6,9-22,26,37-41,54H,23-25,27H2,(H2,48,55)(H3,49,50,58)/t37-,38-,39-,40+,41+,47-/m1/s1. The third-order valence-electron chi connectivity index (χ3n) is 11.6. The first-order chi connectivity index (χ1) is 30.9. The van der Waals surface area contributed by atoms with Crippen molar-refractivity contribution >= 4 is 41.3 Å². The summed E-state index contributed by atoms with van der Waals surface area (Å²) in [5.74, 6) is 1.63. The van der Waals surface area contributed by atoms with Crippen molar-refractivity contribution in [1.29, 1.82) is 0 Å². The number of nitrogens with zero attached hydrogens (tertiary/aromatic N) is 3. The SMILES string of the molecule is NC(=O)NCC#Cc1ccc2c(c1)[C@]1(C(=O)N2C(=O)OCc2ccc([N+](=O)[O-])cc2)[C@H](c2ccc(OCCO)cc2)N2[C@H](c3ccccc3)[C@H](c3ccccc3)OC(=O)[C@H]2[C@@H]1C(N)=O. The summed E-state index contributed by atoms with van der Waals surface area (Å²) < 4.78 is 17.8. The normalized spacial score (nSPS) is 22.1. The van der Waals surface area contributed by atoms with Crippen LogP contribution in [0.15, 0.2) is 127 Å². The van der Waals surface area contributed by atoms with Crippen LogP contribution in [0, 0.1) is 27.9 Å². The van der Waals surface area contributed by atoms with Crippen molar-refractivity contribution in [1.82, 2.24) is 10.2 Å². The van der Waals surface area contributed by atoms with E-state index in [0.29, 0.717) is 33.6 Å². The number of imide groups is 1. The molecule has 3 aliphatic heterocycles. The van der Waals surface area contributed by atoms with Crippen molar-refractivity contribution in [3.05, 3.63) is 171 Å². The number of morpholine rings is 1. The summed E-state index contributed by atoms with van der Waals surface area (Å²) in [5, 5.41) is 23.1. The molecule has 2 fully saturated rings. The van der Waals surface area contributed by atoms with Crippen LogP contribution in [0.2, 0.25) is 0 Å². The zero-order valence-electron chi connectivity index (χ0n) is 33.9. The molecule has 17 heteroatoms. The number of hydrogen-bond acceptors (Lipinski definition) is 12. The summed E-state index contributed by atoms with van der Waals surface area (Å²) in [6.07, 6.45) is -2.12. The van der Waals surface area contributed by atoms with Gasteiger partial charge >= 0.3 is 18.1 Å². The van der Waals surface area contributed by atoms with E-state index in [2.05, 4.69) is 17.2 Å². The topological polar surface area (TPSA) is 247 Å². The van der Waals surface area contributed by atoms with Crippen LogP contribution < -0.4 is 26.4 Å². The Morgan fingerprint density at radius 1 is 0.859 bits per heavy atom. The third kappa shape index (κ3) is 7.61. The fourth-order valence-corrected chi connectivity index (χ4v) is 9.11. The minimum absolute atomic E-state index is 0.00703. The van der Waals surface area contributed by atoms with E-state index < -0.39 is 77.0 Å². The Morgan fingerprint density at radius 2 is 1.53 bits per heavy atom. The molecule has 0 bridgehead atoms. The van der Waals surface area contributed by atoms with Gasteiger partial charge in [-0.25, -0.2) is 14.5 Å². The van der Waals surface area contributed by atoms with Gasteiger partial charge in [-0.05, 0) is 70.3 Å². The smallest absolute Gasteiger partial charge is 0.421 e. The van der Waals surface area contributed by atoms with Crippen LogP contribution in [0.4, 0.5) is 21.0 Å². The summed E-state index contributed by atoms with van der Waals surface area (Å²) in [5.41, 5.74) is 11.9. The van der Waals surface area contributed by atoms with Crippen LogP contribution in [-0.4, -0.2) is 70.6 Å². The number of anilines is 1. The average molecular weight is 865 g/mol. The van der Waals surface area contributed by atoms with E-state index in [4.69, 9.17) is 25.7 Å². The van der Waals surface area contributed by atoms with Crippen molar-refractivity contribution in [3.63, 3.8) is 0 Å². The van der Waals surface area contributed by atoms with Crippen LogP contribution in [0.3, 0.4) is 0 Å². The number of urea groups is 1. The molecule has 2 saturated heterocycles.